The number of nitrogens with one attached hydrogen (secondary N) is 1. The van der Waals surface area contributed by atoms with Gasteiger partial charge in [-0.05, 0) is 43.2 Å². The third-order valence-electron chi connectivity index (χ3n) is 2.21. The lowest BCUT2D eigenvalue weighted by Gasteiger charge is -2.10. The smallest absolute Gasteiger partial charge is 0.150 e. The first kappa shape index (κ1) is 11.2. The zero-order chi connectivity index (χ0) is 11.4. The number of hydrogen-bond donors (Lipinski definition) is 1. The maximum absolute atomic E-state index is 10.6. The van der Waals surface area contributed by atoms with E-state index in [1.165, 1.54) is 0 Å². The molecule has 1 rings (SSSR count). The summed E-state index contributed by atoms with van der Waals surface area (Å²) in [7, 11) is 0. The van der Waals surface area contributed by atoms with Crippen molar-refractivity contribution < 1.29 is 4.79 Å². The maximum Gasteiger partial charge on any atom is 0.150 e. The SMILES string of the molecule is C=C(C)C(=C)Nc1ccc(C=O)c(C)c1. The predicted molar refractivity (Wildman–Crippen MR) is 64.1 cm³/mol. The fourth-order valence-corrected chi connectivity index (χ4v) is 1.17. The van der Waals surface area contributed by atoms with Crippen molar-refractivity contribution in [3.63, 3.8) is 0 Å². The Labute approximate surface area is 90.3 Å². The number of carbonyl (C=O) groups is 1. The van der Waals surface area contributed by atoms with Crippen LogP contribution < -0.4 is 5.32 Å². The van der Waals surface area contributed by atoms with Crippen molar-refractivity contribution in [2.45, 2.75) is 13.8 Å². The number of aldehydes is 1. The Morgan fingerprint density at radius 1 is 1.40 bits per heavy atom. The number of allylic oxidation sites excluding steroid dienone is 1. The Bertz CT molecular complexity index is 419. The van der Waals surface area contributed by atoms with Crippen molar-refractivity contribution in [2.75, 3.05) is 5.32 Å². The average Bonchev–Trinajstić information content (AvgIpc) is 2.18. The molecule has 1 N–H and O–H groups in total. The van der Waals surface area contributed by atoms with Gasteiger partial charge in [-0.25, -0.2) is 0 Å². The molecule has 2 heteroatoms. The van der Waals surface area contributed by atoms with Crippen LogP contribution in [0.5, 0.6) is 0 Å². The fraction of sp³-hybridized carbons (Fsp3) is 0.154. The molecule has 0 saturated heterocycles. The van der Waals surface area contributed by atoms with Gasteiger partial charge in [0.1, 0.15) is 6.29 Å². The van der Waals surface area contributed by atoms with Crippen LogP contribution in [0, 0.1) is 6.92 Å². The summed E-state index contributed by atoms with van der Waals surface area (Å²) >= 11 is 0. The highest BCUT2D eigenvalue weighted by Gasteiger charge is 2.00. The van der Waals surface area contributed by atoms with Gasteiger partial charge in [-0.3, -0.25) is 4.79 Å². The number of rotatable bonds is 4. The van der Waals surface area contributed by atoms with Crippen molar-refractivity contribution in [1.82, 2.24) is 0 Å². The Hall–Kier alpha value is -1.83. The van der Waals surface area contributed by atoms with Gasteiger partial charge < -0.3 is 5.32 Å². The summed E-state index contributed by atoms with van der Waals surface area (Å²) in [6.07, 6.45) is 0.854. The molecule has 0 bridgehead atoms. The molecule has 0 aliphatic rings. The molecule has 15 heavy (non-hydrogen) atoms. The topological polar surface area (TPSA) is 29.1 Å². The van der Waals surface area contributed by atoms with E-state index in [0.717, 1.165) is 28.8 Å². The number of carbonyl (C=O) groups excluding carboxylic acids is 1. The van der Waals surface area contributed by atoms with E-state index in [1.54, 1.807) is 6.07 Å². The van der Waals surface area contributed by atoms with Crippen LogP contribution in [0.1, 0.15) is 22.8 Å². The van der Waals surface area contributed by atoms with Gasteiger partial charge in [0.15, 0.2) is 0 Å². The van der Waals surface area contributed by atoms with Gasteiger partial charge in [-0.15, -0.1) is 0 Å². The third-order valence-corrected chi connectivity index (χ3v) is 2.21. The van der Waals surface area contributed by atoms with Crippen molar-refractivity contribution in [2.24, 2.45) is 0 Å². The minimum Gasteiger partial charge on any atom is -0.356 e. The fourth-order valence-electron chi connectivity index (χ4n) is 1.17. The van der Waals surface area contributed by atoms with Gasteiger partial charge in [0.2, 0.25) is 0 Å². The van der Waals surface area contributed by atoms with Crippen LogP contribution in [0.25, 0.3) is 0 Å². The van der Waals surface area contributed by atoms with Crippen LogP contribution in [-0.4, -0.2) is 6.29 Å². The second kappa shape index (κ2) is 4.60. The highest BCUT2D eigenvalue weighted by atomic mass is 16.1. The number of hydrogen-bond acceptors (Lipinski definition) is 2. The molecular weight excluding hydrogens is 186 g/mol. The van der Waals surface area contributed by atoms with E-state index in [-0.39, 0.29) is 0 Å². The standard InChI is InChI=1S/C13H15NO/c1-9(2)11(4)14-13-6-5-12(8-15)10(3)7-13/h5-8,14H,1,4H2,2-3H3. The van der Waals surface area contributed by atoms with Gasteiger partial charge in [0, 0.05) is 16.9 Å². The predicted octanol–water partition coefficient (Wildman–Crippen LogP) is 3.31. The van der Waals surface area contributed by atoms with Crippen LogP contribution in [0.3, 0.4) is 0 Å². The average molecular weight is 201 g/mol. The van der Waals surface area contributed by atoms with Crippen LogP contribution in [0.4, 0.5) is 5.69 Å². The molecule has 0 aliphatic carbocycles. The largest absolute Gasteiger partial charge is 0.356 e. The highest BCUT2D eigenvalue weighted by Crippen LogP contribution is 2.16. The zero-order valence-electron chi connectivity index (χ0n) is 9.13. The Morgan fingerprint density at radius 2 is 2.07 bits per heavy atom. The summed E-state index contributed by atoms with van der Waals surface area (Å²) in [6.45, 7) is 11.4. The molecule has 0 radical (unpaired) electrons. The number of benzene rings is 1. The van der Waals surface area contributed by atoms with E-state index >= 15 is 0 Å². The molecule has 0 amide bonds. The van der Waals surface area contributed by atoms with Crippen LogP contribution in [0.2, 0.25) is 0 Å². The summed E-state index contributed by atoms with van der Waals surface area (Å²) in [5.41, 5.74) is 4.26. The van der Waals surface area contributed by atoms with Gasteiger partial charge in [0.25, 0.3) is 0 Å². The number of aryl methyl sites for hydroxylation is 1. The van der Waals surface area contributed by atoms with Crippen molar-refractivity contribution >= 4 is 12.0 Å². The van der Waals surface area contributed by atoms with E-state index in [0.29, 0.717) is 5.56 Å². The van der Waals surface area contributed by atoms with E-state index in [1.807, 2.05) is 26.0 Å². The van der Waals surface area contributed by atoms with E-state index in [9.17, 15) is 4.79 Å². The quantitative estimate of drug-likeness (QED) is 0.598. The Morgan fingerprint density at radius 3 is 2.53 bits per heavy atom. The van der Waals surface area contributed by atoms with Gasteiger partial charge in [-0.2, -0.15) is 0 Å². The molecule has 0 spiro atoms. The lowest BCUT2D eigenvalue weighted by atomic mass is 10.1. The Kier molecular flexibility index (Phi) is 3.45. The van der Waals surface area contributed by atoms with Gasteiger partial charge >= 0.3 is 0 Å². The summed E-state index contributed by atoms with van der Waals surface area (Å²) in [6, 6.07) is 5.55. The molecule has 2 nitrogen and oxygen atoms in total. The highest BCUT2D eigenvalue weighted by molar-refractivity contribution is 5.78. The van der Waals surface area contributed by atoms with Crippen molar-refractivity contribution in [1.29, 1.82) is 0 Å². The van der Waals surface area contributed by atoms with E-state index < -0.39 is 0 Å². The van der Waals surface area contributed by atoms with Crippen LogP contribution in [0.15, 0.2) is 42.6 Å². The van der Waals surface area contributed by atoms with Gasteiger partial charge in [-0.1, -0.05) is 13.2 Å². The summed E-state index contributed by atoms with van der Waals surface area (Å²) in [4.78, 5) is 10.6. The minimum absolute atomic E-state index is 0.710. The molecule has 0 saturated carbocycles. The van der Waals surface area contributed by atoms with Crippen LogP contribution in [-0.2, 0) is 0 Å². The zero-order valence-corrected chi connectivity index (χ0v) is 9.13. The summed E-state index contributed by atoms with van der Waals surface area (Å²) in [5, 5.41) is 3.12. The first-order chi connectivity index (χ1) is 7.04. The normalized spacial score (nSPS) is 9.47. The Balaban J connectivity index is 2.89. The van der Waals surface area contributed by atoms with Gasteiger partial charge in [0.05, 0.1) is 0 Å². The molecule has 1 aromatic carbocycles. The minimum atomic E-state index is 0.710. The third kappa shape index (κ3) is 2.81. The summed E-state index contributed by atoms with van der Waals surface area (Å²) in [5.74, 6) is 0. The van der Waals surface area contributed by atoms with Crippen molar-refractivity contribution in [3.05, 3.63) is 53.8 Å². The lowest BCUT2D eigenvalue weighted by molar-refractivity contribution is 0.112. The first-order valence-corrected chi connectivity index (χ1v) is 4.72. The lowest BCUT2D eigenvalue weighted by Crippen LogP contribution is -1.99. The molecule has 0 aromatic heterocycles. The van der Waals surface area contributed by atoms with Crippen molar-refractivity contribution in [3.8, 4) is 0 Å². The molecule has 78 valence electrons. The monoisotopic (exact) mass is 201 g/mol. The van der Waals surface area contributed by atoms with E-state index in [4.69, 9.17) is 0 Å². The molecular formula is C13H15NO. The molecule has 0 fully saturated rings. The maximum atomic E-state index is 10.6. The second-order valence-electron chi connectivity index (χ2n) is 3.57. The molecule has 0 heterocycles. The summed E-state index contributed by atoms with van der Waals surface area (Å²) < 4.78 is 0. The van der Waals surface area contributed by atoms with Crippen LogP contribution >= 0.6 is 0 Å². The first-order valence-electron chi connectivity index (χ1n) is 4.72. The molecule has 1 aromatic rings. The number of anilines is 1. The molecule has 0 aliphatic heterocycles. The molecule has 0 unspecified atom stereocenters. The van der Waals surface area contributed by atoms with E-state index in [2.05, 4.69) is 18.5 Å². The second-order valence-corrected chi connectivity index (χ2v) is 3.57. The molecule has 0 atom stereocenters.